The Morgan fingerprint density at radius 2 is 2.05 bits per heavy atom. The molecule has 1 aliphatic rings. The zero-order chi connectivity index (χ0) is 13.8. The molecule has 1 saturated heterocycles. The minimum Gasteiger partial charge on any atom is -0.369 e. The molecule has 1 aliphatic heterocycles. The third-order valence-corrected chi connectivity index (χ3v) is 3.48. The maximum atomic E-state index is 10.8. The lowest BCUT2D eigenvalue weighted by Gasteiger charge is -2.35. The SMILES string of the molecule is CCN1CCN(c2ccc([N+](=O)[O-])c(C#N)c2)CC1. The first kappa shape index (κ1) is 13.3. The van der Waals surface area contributed by atoms with E-state index >= 15 is 0 Å². The number of anilines is 1. The molecule has 0 aromatic heterocycles. The van der Waals surface area contributed by atoms with Gasteiger partial charge in [-0.1, -0.05) is 6.92 Å². The Morgan fingerprint density at radius 1 is 1.37 bits per heavy atom. The highest BCUT2D eigenvalue weighted by Crippen LogP contribution is 2.25. The normalized spacial score (nSPS) is 16.1. The number of likely N-dealkylation sites (N-methyl/N-ethyl adjacent to an activating group) is 1. The summed E-state index contributed by atoms with van der Waals surface area (Å²) in [6.07, 6.45) is 0. The van der Waals surface area contributed by atoms with Gasteiger partial charge in [-0.15, -0.1) is 0 Å². The Balaban J connectivity index is 2.18. The molecular formula is C13H16N4O2. The van der Waals surface area contributed by atoms with E-state index in [2.05, 4.69) is 16.7 Å². The van der Waals surface area contributed by atoms with Crippen molar-refractivity contribution in [2.24, 2.45) is 0 Å². The summed E-state index contributed by atoms with van der Waals surface area (Å²) in [5, 5.41) is 19.8. The van der Waals surface area contributed by atoms with Crippen molar-refractivity contribution in [3.8, 4) is 6.07 Å². The van der Waals surface area contributed by atoms with Gasteiger partial charge in [-0.2, -0.15) is 5.26 Å². The van der Waals surface area contributed by atoms with Gasteiger partial charge in [-0.05, 0) is 18.7 Å². The van der Waals surface area contributed by atoms with E-state index in [1.807, 2.05) is 6.07 Å². The summed E-state index contributed by atoms with van der Waals surface area (Å²) in [6.45, 7) is 6.91. The molecule has 0 radical (unpaired) electrons. The van der Waals surface area contributed by atoms with Crippen LogP contribution in [0.15, 0.2) is 18.2 Å². The van der Waals surface area contributed by atoms with Gasteiger partial charge in [0.05, 0.1) is 4.92 Å². The summed E-state index contributed by atoms with van der Waals surface area (Å²) in [6, 6.07) is 6.65. The van der Waals surface area contributed by atoms with Gasteiger partial charge < -0.3 is 9.80 Å². The molecule has 1 fully saturated rings. The van der Waals surface area contributed by atoms with Gasteiger partial charge in [0.1, 0.15) is 11.6 Å². The highest BCUT2D eigenvalue weighted by Gasteiger charge is 2.19. The van der Waals surface area contributed by atoms with Gasteiger partial charge in [0.25, 0.3) is 5.69 Å². The van der Waals surface area contributed by atoms with Crippen LogP contribution in [0.4, 0.5) is 11.4 Å². The molecule has 2 rings (SSSR count). The van der Waals surface area contributed by atoms with E-state index < -0.39 is 4.92 Å². The van der Waals surface area contributed by atoms with Crippen molar-refractivity contribution in [3.05, 3.63) is 33.9 Å². The van der Waals surface area contributed by atoms with Gasteiger partial charge in [0.2, 0.25) is 0 Å². The zero-order valence-electron chi connectivity index (χ0n) is 10.9. The molecule has 0 unspecified atom stereocenters. The summed E-state index contributed by atoms with van der Waals surface area (Å²) in [7, 11) is 0. The molecule has 0 N–H and O–H groups in total. The summed E-state index contributed by atoms with van der Waals surface area (Å²) in [4.78, 5) is 14.8. The quantitative estimate of drug-likeness (QED) is 0.609. The molecule has 1 aromatic rings. The Kier molecular flexibility index (Phi) is 3.97. The number of nitro groups is 1. The van der Waals surface area contributed by atoms with Crippen LogP contribution >= 0.6 is 0 Å². The van der Waals surface area contributed by atoms with Crippen LogP contribution in [0.2, 0.25) is 0 Å². The van der Waals surface area contributed by atoms with Crippen LogP contribution in [0.1, 0.15) is 12.5 Å². The molecule has 0 atom stereocenters. The minimum atomic E-state index is -0.517. The van der Waals surface area contributed by atoms with E-state index in [1.165, 1.54) is 6.07 Å². The van der Waals surface area contributed by atoms with E-state index in [4.69, 9.17) is 5.26 Å². The molecule has 19 heavy (non-hydrogen) atoms. The molecule has 100 valence electrons. The molecule has 0 spiro atoms. The van der Waals surface area contributed by atoms with Crippen molar-refractivity contribution in [2.45, 2.75) is 6.92 Å². The van der Waals surface area contributed by atoms with Crippen molar-refractivity contribution < 1.29 is 4.92 Å². The molecule has 1 heterocycles. The van der Waals surface area contributed by atoms with E-state index in [1.54, 1.807) is 12.1 Å². The molecule has 0 saturated carbocycles. The molecule has 0 amide bonds. The number of benzene rings is 1. The average molecular weight is 260 g/mol. The van der Waals surface area contributed by atoms with Gasteiger partial charge >= 0.3 is 0 Å². The predicted molar refractivity (Wildman–Crippen MR) is 72.1 cm³/mol. The van der Waals surface area contributed by atoms with E-state index in [-0.39, 0.29) is 11.3 Å². The second-order valence-corrected chi connectivity index (χ2v) is 4.49. The first-order valence-corrected chi connectivity index (χ1v) is 6.31. The summed E-state index contributed by atoms with van der Waals surface area (Å²) in [5.41, 5.74) is 0.886. The van der Waals surface area contributed by atoms with Gasteiger partial charge in [-0.25, -0.2) is 0 Å². The Hall–Kier alpha value is -2.13. The second kappa shape index (κ2) is 5.67. The summed E-state index contributed by atoms with van der Waals surface area (Å²) >= 11 is 0. The lowest BCUT2D eigenvalue weighted by molar-refractivity contribution is -0.385. The number of hydrogen-bond acceptors (Lipinski definition) is 5. The lowest BCUT2D eigenvalue weighted by Crippen LogP contribution is -2.46. The van der Waals surface area contributed by atoms with E-state index in [0.29, 0.717) is 0 Å². The third-order valence-electron chi connectivity index (χ3n) is 3.48. The molecule has 1 aromatic carbocycles. The Bertz CT molecular complexity index is 516. The van der Waals surface area contributed by atoms with Crippen molar-refractivity contribution >= 4 is 11.4 Å². The van der Waals surface area contributed by atoms with Crippen LogP contribution in [-0.2, 0) is 0 Å². The van der Waals surface area contributed by atoms with E-state index in [0.717, 1.165) is 38.4 Å². The standard InChI is InChI=1S/C13H16N4O2/c1-2-15-5-7-16(8-6-15)12-3-4-13(17(18)19)11(9-12)10-14/h3-4,9H,2,5-8H2,1H3. The van der Waals surface area contributed by atoms with Crippen LogP contribution < -0.4 is 4.90 Å². The number of rotatable bonds is 3. The number of nitriles is 1. The number of nitro benzene ring substituents is 1. The fraction of sp³-hybridized carbons (Fsp3) is 0.462. The van der Waals surface area contributed by atoms with Crippen LogP contribution in [0, 0.1) is 21.4 Å². The Labute approximate surface area is 112 Å². The molecular weight excluding hydrogens is 244 g/mol. The van der Waals surface area contributed by atoms with Gasteiger partial charge in [-0.3, -0.25) is 10.1 Å². The largest absolute Gasteiger partial charge is 0.369 e. The van der Waals surface area contributed by atoms with Crippen LogP contribution in [-0.4, -0.2) is 42.5 Å². The maximum absolute atomic E-state index is 10.8. The van der Waals surface area contributed by atoms with Gasteiger partial charge in [0.15, 0.2) is 0 Å². The van der Waals surface area contributed by atoms with Crippen molar-refractivity contribution in [1.82, 2.24) is 4.90 Å². The molecule has 6 heteroatoms. The number of piperazine rings is 1. The minimum absolute atomic E-state index is 0.125. The topological polar surface area (TPSA) is 73.4 Å². The first-order chi connectivity index (χ1) is 9.15. The fourth-order valence-corrected chi connectivity index (χ4v) is 2.29. The third kappa shape index (κ3) is 2.83. The Morgan fingerprint density at radius 3 is 2.58 bits per heavy atom. The number of hydrogen-bond donors (Lipinski definition) is 0. The van der Waals surface area contributed by atoms with Crippen LogP contribution in [0.5, 0.6) is 0 Å². The summed E-state index contributed by atoms with van der Waals surface area (Å²) < 4.78 is 0. The average Bonchev–Trinajstić information content (AvgIpc) is 2.46. The molecule has 0 bridgehead atoms. The van der Waals surface area contributed by atoms with E-state index in [9.17, 15) is 10.1 Å². The predicted octanol–water partition coefficient (Wildman–Crippen LogP) is 1.61. The molecule has 6 nitrogen and oxygen atoms in total. The lowest BCUT2D eigenvalue weighted by atomic mass is 10.1. The monoisotopic (exact) mass is 260 g/mol. The van der Waals surface area contributed by atoms with Crippen molar-refractivity contribution in [2.75, 3.05) is 37.6 Å². The second-order valence-electron chi connectivity index (χ2n) is 4.49. The molecule has 0 aliphatic carbocycles. The highest BCUT2D eigenvalue weighted by atomic mass is 16.6. The van der Waals surface area contributed by atoms with Crippen molar-refractivity contribution in [3.63, 3.8) is 0 Å². The highest BCUT2D eigenvalue weighted by molar-refractivity contribution is 5.60. The fourth-order valence-electron chi connectivity index (χ4n) is 2.29. The number of nitrogens with zero attached hydrogens (tertiary/aromatic N) is 4. The summed E-state index contributed by atoms with van der Waals surface area (Å²) in [5.74, 6) is 0. The van der Waals surface area contributed by atoms with Gasteiger partial charge in [0, 0.05) is 37.9 Å². The zero-order valence-corrected chi connectivity index (χ0v) is 10.9. The maximum Gasteiger partial charge on any atom is 0.287 e. The van der Waals surface area contributed by atoms with Crippen LogP contribution in [0.3, 0.4) is 0 Å². The van der Waals surface area contributed by atoms with Crippen LogP contribution in [0.25, 0.3) is 0 Å². The smallest absolute Gasteiger partial charge is 0.287 e. The van der Waals surface area contributed by atoms with Crippen molar-refractivity contribution in [1.29, 1.82) is 5.26 Å². The first-order valence-electron chi connectivity index (χ1n) is 6.31.